The number of carbonyl (C=O) groups is 3. The molecule has 3 aromatic carbocycles. The van der Waals surface area contributed by atoms with Crippen molar-refractivity contribution in [3.05, 3.63) is 93.5 Å². The van der Waals surface area contributed by atoms with Gasteiger partial charge in [0.15, 0.2) is 0 Å². The molecular formula is C21H11N2O7-. The highest BCUT2D eigenvalue weighted by atomic mass is 16.6. The van der Waals surface area contributed by atoms with E-state index in [0.29, 0.717) is 5.75 Å². The first-order valence-electron chi connectivity index (χ1n) is 8.62. The maximum absolute atomic E-state index is 12.8. The third-order valence-corrected chi connectivity index (χ3v) is 4.50. The molecule has 0 bridgehead atoms. The van der Waals surface area contributed by atoms with Crippen LogP contribution in [0.2, 0.25) is 0 Å². The molecule has 0 radical (unpaired) electrons. The number of anilines is 1. The van der Waals surface area contributed by atoms with Gasteiger partial charge >= 0.3 is 0 Å². The summed E-state index contributed by atoms with van der Waals surface area (Å²) in [5, 5.41) is 21.6. The van der Waals surface area contributed by atoms with E-state index < -0.39 is 22.7 Å². The third kappa shape index (κ3) is 3.24. The summed E-state index contributed by atoms with van der Waals surface area (Å²) in [5.74, 6) is -1.82. The molecule has 4 rings (SSSR count). The Balaban J connectivity index is 1.60. The fourth-order valence-corrected chi connectivity index (χ4v) is 3.04. The number of fused-ring (bicyclic) bond motifs is 1. The normalized spacial score (nSPS) is 12.6. The molecular weight excluding hydrogens is 392 g/mol. The van der Waals surface area contributed by atoms with E-state index in [2.05, 4.69) is 0 Å². The summed E-state index contributed by atoms with van der Waals surface area (Å²) < 4.78 is 5.63. The SMILES string of the molecule is O=C([O-])c1ccc(Oc2ccc3c(c2)C(=O)N(c2ccc([N+](=O)[O-])cc2)C3=O)cc1. The number of ether oxygens (including phenoxy) is 1. The molecule has 0 fully saturated rings. The standard InChI is InChI=1S/C21H12N2O7/c24-19-17-10-9-16(30-15-7-1-12(2-8-15)21(26)27)11-18(17)20(25)22(19)13-3-5-14(6-4-13)23(28)29/h1-11H,(H,26,27)/p-1. The Kier molecular flexibility index (Phi) is 4.47. The average Bonchev–Trinajstić information content (AvgIpc) is 2.98. The van der Waals surface area contributed by atoms with Gasteiger partial charge in [-0.05, 0) is 60.2 Å². The van der Waals surface area contributed by atoms with Gasteiger partial charge in [-0.2, -0.15) is 0 Å². The topological polar surface area (TPSA) is 130 Å². The van der Waals surface area contributed by atoms with E-state index in [1.165, 1.54) is 66.7 Å². The molecule has 148 valence electrons. The van der Waals surface area contributed by atoms with Gasteiger partial charge in [-0.1, -0.05) is 0 Å². The molecule has 1 aliphatic heterocycles. The molecule has 0 spiro atoms. The lowest BCUT2D eigenvalue weighted by Crippen LogP contribution is -2.29. The van der Waals surface area contributed by atoms with Crippen LogP contribution in [0, 0.1) is 10.1 Å². The van der Waals surface area contributed by atoms with Gasteiger partial charge in [0.25, 0.3) is 17.5 Å². The summed E-state index contributed by atoms with van der Waals surface area (Å²) >= 11 is 0. The number of non-ortho nitro benzene ring substituents is 1. The molecule has 3 aromatic rings. The monoisotopic (exact) mass is 403 g/mol. The summed E-state index contributed by atoms with van der Waals surface area (Å²) in [6.45, 7) is 0. The van der Waals surface area contributed by atoms with Crippen LogP contribution in [0.3, 0.4) is 0 Å². The zero-order valence-corrected chi connectivity index (χ0v) is 15.1. The number of hydrogen-bond donors (Lipinski definition) is 0. The Labute approximate surface area is 168 Å². The van der Waals surface area contributed by atoms with Crippen molar-refractivity contribution in [2.75, 3.05) is 4.90 Å². The number of nitrogens with zero attached hydrogens (tertiary/aromatic N) is 2. The molecule has 30 heavy (non-hydrogen) atoms. The lowest BCUT2D eigenvalue weighted by atomic mass is 10.1. The highest BCUT2D eigenvalue weighted by molar-refractivity contribution is 6.34. The second-order valence-corrected chi connectivity index (χ2v) is 6.34. The molecule has 0 aromatic heterocycles. The molecule has 0 aliphatic carbocycles. The van der Waals surface area contributed by atoms with Crippen LogP contribution in [0.15, 0.2) is 66.7 Å². The van der Waals surface area contributed by atoms with Crippen LogP contribution in [0.5, 0.6) is 11.5 Å². The van der Waals surface area contributed by atoms with E-state index in [1.807, 2.05) is 0 Å². The van der Waals surface area contributed by atoms with Gasteiger partial charge in [0.1, 0.15) is 11.5 Å². The molecule has 0 atom stereocenters. The van der Waals surface area contributed by atoms with Gasteiger partial charge in [0.05, 0.1) is 27.7 Å². The summed E-state index contributed by atoms with van der Waals surface area (Å²) in [6, 6.07) is 15.0. The molecule has 9 nitrogen and oxygen atoms in total. The van der Waals surface area contributed by atoms with Crippen molar-refractivity contribution >= 4 is 29.2 Å². The zero-order chi connectivity index (χ0) is 21.4. The molecule has 1 heterocycles. The van der Waals surface area contributed by atoms with Gasteiger partial charge in [-0.15, -0.1) is 0 Å². The van der Waals surface area contributed by atoms with Crippen LogP contribution in [-0.2, 0) is 0 Å². The Morgan fingerprint density at radius 2 is 1.43 bits per heavy atom. The quantitative estimate of drug-likeness (QED) is 0.363. The van der Waals surface area contributed by atoms with Gasteiger partial charge in [0.2, 0.25) is 0 Å². The van der Waals surface area contributed by atoms with Gasteiger partial charge < -0.3 is 14.6 Å². The molecule has 0 unspecified atom stereocenters. The number of aromatic carboxylic acids is 1. The fourth-order valence-electron chi connectivity index (χ4n) is 3.04. The number of carbonyl (C=O) groups excluding carboxylic acids is 3. The number of hydrogen-bond acceptors (Lipinski definition) is 7. The number of carboxylic acids is 1. The summed E-state index contributed by atoms with van der Waals surface area (Å²) in [7, 11) is 0. The van der Waals surface area contributed by atoms with Gasteiger partial charge in [-0.25, -0.2) is 4.90 Å². The van der Waals surface area contributed by atoms with Crippen molar-refractivity contribution in [3.63, 3.8) is 0 Å². The summed E-state index contributed by atoms with van der Waals surface area (Å²) in [6.07, 6.45) is 0. The second-order valence-electron chi connectivity index (χ2n) is 6.34. The van der Waals surface area contributed by atoms with Crippen LogP contribution < -0.4 is 14.7 Å². The maximum Gasteiger partial charge on any atom is 0.269 e. The second kappa shape index (κ2) is 7.13. The molecule has 2 amide bonds. The average molecular weight is 403 g/mol. The minimum Gasteiger partial charge on any atom is -0.545 e. The predicted octanol–water partition coefficient (Wildman–Crippen LogP) is 2.55. The van der Waals surface area contributed by atoms with Crippen molar-refractivity contribution in [1.82, 2.24) is 0 Å². The van der Waals surface area contributed by atoms with E-state index in [-0.39, 0.29) is 33.8 Å². The summed E-state index contributed by atoms with van der Waals surface area (Å²) in [4.78, 5) is 47.4. The lowest BCUT2D eigenvalue weighted by Gasteiger charge is -2.13. The molecule has 0 N–H and O–H groups in total. The summed E-state index contributed by atoms with van der Waals surface area (Å²) in [5.41, 5.74) is 0.360. The minimum absolute atomic E-state index is 0.00387. The van der Waals surface area contributed by atoms with Crippen molar-refractivity contribution in [3.8, 4) is 11.5 Å². The van der Waals surface area contributed by atoms with Crippen molar-refractivity contribution in [1.29, 1.82) is 0 Å². The number of nitro groups is 1. The maximum atomic E-state index is 12.8. The number of amides is 2. The first-order chi connectivity index (χ1) is 14.3. The molecule has 1 aliphatic rings. The predicted molar refractivity (Wildman–Crippen MR) is 102 cm³/mol. The Morgan fingerprint density at radius 1 is 0.833 bits per heavy atom. The van der Waals surface area contributed by atoms with E-state index >= 15 is 0 Å². The molecule has 0 saturated heterocycles. The molecule has 0 saturated carbocycles. The zero-order valence-electron chi connectivity index (χ0n) is 15.1. The van der Waals surface area contributed by atoms with Gasteiger partial charge in [0, 0.05) is 12.1 Å². The lowest BCUT2D eigenvalue weighted by molar-refractivity contribution is -0.384. The smallest absolute Gasteiger partial charge is 0.269 e. The van der Waals surface area contributed by atoms with E-state index in [9.17, 15) is 29.6 Å². The number of nitro benzene ring substituents is 1. The highest BCUT2D eigenvalue weighted by Gasteiger charge is 2.37. The molecule has 9 heteroatoms. The number of rotatable bonds is 5. The van der Waals surface area contributed by atoms with E-state index in [4.69, 9.17) is 4.74 Å². The van der Waals surface area contributed by atoms with Crippen molar-refractivity contribution < 1.29 is 29.2 Å². The minimum atomic E-state index is -1.31. The van der Waals surface area contributed by atoms with Crippen LogP contribution in [0.1, 0.15) is 31.1 Å². The van der Waals surface area contributed by atoms with E-state index in [0.717, 1.165) is 4.90 Å². The van der Waals surface area contributed by atoms with Crippen LogP contribution in [-0.4, -0.2) is 22.7 Å². The first kappa shape index (κ1) is 18.8. The number of imide groups is 1. The number of carboxylic acid groups (broad SMARTS) is 1. The van der Waals surface area contributed by atoms with Crippen LogP contribution in [0.25, 0.3) is 0 Å². The van der Waals surface area contributed by atoms with Gasteiger partial charge in [-0.3, -0.25) is 19.7 Å². The Morgan fingerprint density at radius 3 is 2.03 bits per heavy atom. The Bertz CT molecular complexity index is 1200. The first-order valence-corrected chi connectivity index (χ1v) is 8.62. The Hall–Kier alpha value is -4.53. The number of benzene rings is 3. The fraction of sp³-hybridized carbons (Fsp3) is 0. The van der Waals surface area contributed by atoms with Crippen molar-refractivity contribution in [2.24, 2.45) is 0 Å². The van der Waals surface area contributed by atoms with Crippen LogP contribution >= 0.6 is 0 Å². The van der Waals surface area contributed by atoms with Crippen molar-refractivity contribution in [2.45, 2.75) is 0 Å². The largest absolute Gasteiger partial charge is 0.545 e. The highest BCUT2D eigenvalue weighted by Crippen LogP contribution is 2.33. The van der Waals surface area contributed by atoms with Crippen LogP contribution in [0.4, 0.5) is 11.4 Å². The van der Waals surface area contributed by atoms with E-state index in [1.54, 1.807) is 0 Å². The third-order valence-electron chi connectivity index (χ3n) is 4.50.